The van der Waals surface area contributed by atoms with Crippen LogP contribution in [0.4, 0.5) is 5.82 Å². The van der Waals surface area contributed by atoms with Crippen LogP contribution >= 0.6 is 0 Å². The molecule has 1 unspecified atom stereocenters. The molecule has 4 aromatic rings. The summed E-state index contributed by atoms with van der Waals surface area (Å²) in [7, 11) is 1.67. The summed E-state index contributed by atoms with van der Waals surface area (Å²) in [5, 5.41) is 0. The maximum atomic E-state index is 13.0. The van der Waals surface area contributed by atoms with E-state index in [1.165, 1.54) is 5.56 Å². The summed E-state index contributed by atoms with van der Waals surface area (Å²) in [6, 6.07) is 15.9. The van der Waals surface area contributed by atoms with Gasteiger partial charge in [0.1, 0.15) is 22.6 Å². The van der Waals surface area contributed by atoms with Crippen LogP contribution in [0.15, 0.2) is 48.5 Å². The molecule has 2 aromatic carbocycles. The number of hydrogen-bond donors (Lipinski definition) is 1. The molecule has 5 rings (SSSR count). The number of carbonyl (C=O) groups is 1. The molecule has 0 amide bonds. The zero-order chi connectivity index (χ0) is 26.2. The lowest BCUT2D eigenvalue weighted by molar-refractivity contribution is -0.0847. The summed E-state index contributed by atoms with van der Waals surface area (Å²) in [6.07, 6.45) is 2.52. The van der Waals surface area contributed by atoms with Gasteiger partial charge in [-0.2, -0.15) is 0 Å². The van der Waals surface area contributed by atoms with Gasteiger partial charge in [0, 0.05) is 18.6 Å². The lowest BCUT2D eigenvalue weighted by Gasteiger charge is -2.45. The lowest BCUT2D eigenvalue weighted by Crippen LogP contribution is -2.44. The number of fused-ring (bicyclic) bond motifs is 2. The molecule has 2 aromatic heterocycles. The molecule has 0 spiro atoms. The van der Waals surface area contributed by atoms with Crippen molar-refractivity contribution in [2.75, 3.05) is 26.1 Å². The molecule has 8 heteroatoms. The van der Waals surface area contributed by atoms with Gasteiger partial charge in [-0.3, -0.25) is 0 Å². The van der Waals surface area contributed by atoms with Crippen LogP contribution in [0, 0.1) is 0 Å². The van der Waals surface area contributed by atoms with Gasteiger partial charge < -0.3 is 24.5 Å². The third-order valence-electron chi connectivity index (χ3n) is 7.42. The monoisotopic (exact) mass is 502 g/mol. The van der Waals surface area contributed by atoms with Gasteiger partial charge >= 0.3 is 5.97 Å². The van der Waals surface area contributed by atoms with Crippen LogP contribution in [0.5, 0.6) is 5.75 Å². The Bertz CT molecular complexity index is 1440. The first-order valence-electron chi connectivity index (χ1n) is 12.8. The molecule has 3 heterocycles. The van der Waals surface area contributed by atoms with Crippen molar-refractivity contribution >= 4 is 34.0 Å². The summed E-state index contributed by atoms with van der Waals surface area (Å²) in [5.74, 6) is 0.678. The molecule has 8 nitrogen and oxygen atoms in total. The minimum absolute atomic E-state index is 0.147. The Morgan fingerprint density at radius 2 is 1.81 bits per heavy atom. The third kappa shape index (κ3) is 4.62. The number of ether oxygens (including phenoxy) is 3. The summed E-state index contributed by atoms with van der Waals surface area (Å²) in [6.45, 7) is 7.54. The Morgan fingerprint density at radius 1 is 1.11 bits per heavy atom. The molecule has 1 saturated heterocycles. The Balaban J connectivity index is 1.60. The first-order valence-corrected chi connectivity index (χ1v) is 12.8. The van der Waals surface area contributed by atoms with Gasteiger partial charge in [-0.1, -0.05) is 24.3 Å². The van der Waals surface area contributed by atoms with E-state index in [-0.39, 0.29) is 23.2 Å². The van der Waals surface area contributed by atoms with Gasteiger partial charge in [-0.15, -0.1) is 0 Å². The Hall–Kier alpha value is -3.65. The fraction of sp³-hybridized carbons (Fsp3) is 0.414. The first kappa shape index (κ1) is 25.0. The van der Waals surface area contributed by atoms with Crippen LogP contribution < -0.4 is 10.5 Å². The number of aryl methyl sites for hydroxylation is 1. The molecule has 1 aliphatic rings. The van der Waals surface area contributed by atoms with Crippen LogP contribution in [0.25, 0.3) is 22.2 Å². The number of nitrogen functional groups attached to an aromatic ring is 1. The SMILES string of the molecule is CCOC(=O)c1c(N)n(CCC2(c3ccc(OC)cc3)CCOC(C)(C)C2)c2nc3ccccc3nc12. The van der Waals surface area contributed by atoms with E-state index in [4.69, 9.17) is 29.9 Å². The van der Waals surface area contributed by atoms with Gasteiger partial charge in [-0.25, -0.2) is 14.8 Å². The number of nitrogens with two attached hydrogens (primary N) is 1. The second kappa shape index (κ2) is 9.67. The second-order valence-corrected chi connectivity index (χ2v) is 10.3. The highest BCUT2D eigenvalue weighted by molar-refractivity contribution is 6.08. The van der Waals surface area contributed by atoms with Crippen molar-refractivity contribution in [2.24, 2.45) is 0 Å². The maximum absolute atomic E-state index is 13.0. The minimum atomic E-state index is -0.481. The number of esters is 1. The maximum Gasteiger partial charge on any atom is 0.344 e. The van der Waals surface area contributed by atoms with Gasteiger partial charge in [0.2, 0.25) is 0 Å². The molecular formula is C29H34N4O4. The molecule has 0 saturated carbocycles. The number of aromatic nitrogens is 3. The number of nitrogens with zero attached hydrogens (tertiary/aromatic N) is 3. The zero-order valence-electron chi connectivity index (χ0n) is 21.9. The topological polar surface area (TPSA) is 101 Å². The van der Waals surface area contributed by atoms with Crippen molar-refractivity contribution in [3.05, 3.63) is 59.7 Å². The highest BCUT2D eigenvalue weighted by Crippen LogP contribution is 2.45. The largest absolute Gasteiger partial charge is 0.497 e. The number of para-hydroxylation sites is 2. The number of benzene rings is 2. The van der Waals surface area contributed by atoms with Crippen LogP contribution in [-0.4, -0.2) is 46.4 Å². The lowest BCUT2D eigenvalue weighted by atomic mass is 9.67. The molecular weight excluding hydrogens is 468 g/mol. The van der Waals surface area contributed by atoms with E-state index in [1.807, 2.05) is 41.0 Å². The molecule has 1 aliphatic heterocycles. The average Bonchev–Trinajstić information content (AvgIpc) is 3.15. The summed E-state index contributed by atoms with van der Waals surface area (Å²) >= 11 is 0. The van der Waals surface area contributed by atoms with Gasteiger partial charge in [-0.05, 0) is 69.9 Å². The van der Waals surface area contributed by atoms with Crippen LogP contribution in [0.1, 0.15) is 56.0 Å². The van der Waals surface area contributed by atoms with Crippen molar-refractivity contribution in [2.45, 2.75) is 57.6 Å². The van der Waals surface area contributed by atoms with Crippen molar-refractivity contribution < 1.29 is 19.0 Å². The summed E-state index contributed by atoms with van der Waals surface area (Å²) < 4.78 is 18.8. The number of carbonyl (C=O) groups excluding carboxylic acids is 1. The molecule has 1 fully saturated rings. The number of rotatable bonds is 7. The van der Waals surface area contributed by atoms with Crippen molar-refractivity contribution in [3.63, 3.8) is 0 Å². The number of hydrogen-bond acceptors (Lipinski definition) is 7. The Labute approximate surface area is 216 Å². The van der Waals surface area contributed by atoms with E-state index in [0.29, 0.717) is 35.7 Å². The Kier molecular flexibility index (Phi) is 6.54. The van der Waals surface area contributed by atoms with E-state index in [2.05, 4.69) is 26.0 Å². The average molecular weight is 503 g/mol. The van der Waals surface area contributed by atoms with Crippen LogP contribution in [0.3, 0.4) is 0 Å². The standard InChI is InChI=1S/C29H34N4O4/c1-5-36-27(34)23-24-26(32-22-9-7-6-8-21(22)31-24)33(25(23)30)16-14-29(15-17-37-28(2,3)18-29)19-10-12-20(35-4)13-11-19/h6-13H,5,14-18,30H2,1-4H3. The van der Waals surface area contributed by atoms with E-state index < -0.39 is 5.97 Å². The first-order chi connectivity index (χ1) is 17.8. The molecule has 0 bridgehead atoms. The molecule has 2 N–H and O–H groups in total. The van der Waals surface area contributed by atoms with Crippen molar-refractivity contribution in [1.29, 1.82) is 0 Å². The molecule has 37 heavy (non-hydrogen) atoms. The molecule has 0 aliphatic carbocycles. The van der Waals surface area contributed by atoms with E-state index >= 15 is 0 Å². The highest BCUT2D eigenvalue weighted by Gasteiger charge is 2.42. The molecule has 1 atom stereocenters. The molecule has 194 valence electrons. The van der Waals surface area contributed by atoms with E-state index in [0.717, 1.165) is 30.5 Å². The smallest absolute Gasteiger partial charge is 0.344 e. The quantitative estimate of drug-likeness (QED) is 0.344. The predicted molar refractivity (Wildman–Crippen MR) is 144 cm³/mol. The van der Waals surface area contributed by atoms with Crippen LogP contribution in [0.2, 0.25) is 0 Å². The van der Waals surface area contributed by atoms with Crippen molar-refractivity contribution in [3.8, 4) is 5.75 Å². The minimum Gasteiger partial charge on any atom is -0.497 e. The van der Waals surface area contributed by atoms with Crippen LogP contribution in [-0.2, 0) is 21.4 Å². The number of methoxy groups -OCH3 is 1. The van der Waals surface area contributed by atoms with E-state index in [1.54, 1.807) is 14.0 Å². The second-order valence-electron chi connectivity index (χ2n) is 10.3. The van der Waals surface area contributed by atoms with Gasteiger partial charge in [0.05, 0.1) is 30.4 Å². The number of anilines is 1. The highest BCUT2D eigenvalue weighted by atomic mass is 16.5. The van der Waals surface area contributed by atoms with Gasteiger partial charge in [0.15, 0.2) is 5.65 Å². The fourth-order valence-electron chi connectivity index (χ4n) is 5.70. The Morgan fingerprint density at radius 3 is 2.46 bits per heavy atom. The summed E-state index contributed by atoms with van der Waals surface area (Å²) in [5.41, 5.74) is 10.3. The van der Waals surface area contributed by atoms with Crippen molar-refractivity contribution in [1.82, 2.24) is 14.5 Å². The normalized spacial score (nSPS) is 19.2. The predicted octanol–water partition coefficient (Wildman–Crippen LogP) is 5.27. The summed E-state index contributed by atoms with van der Waals surface area (Å²) in [4.78, 5) is 22.6. The third-order valence-corrected chi connectivity index (χ3v) is 7.42. The zero-order valence-corrected chi connectivity index (χ0v) is 21.9. The van der Waals surface area contributed by atoms with Gasteiger partial charge in [0.25, 0.3) is 0 Å². The fourth-order valence-corrected chi connectivity index (χ4v) is 5.70. The van der Waals surface area contributed by atoms with E-state index in [9.17, 15) is 4.79 Å². The molecule has 0 radical (unpaired) electrons.